The maximum atomic E-state index is 14.1. The highest BCUT2D eigenvalue weighted by molar-refractivity contribution is 7.10. The molecule has 11 heteroatoms. The number of hydrogen-bond acceptors (Lipinski definition) is 9. The van der Waals surface area contributed by atoms with Gasteiger partial charge in [0.05, 0.1) is 36.9 Å². The van der Waals surface area contributed by atoms with Crippen molar-refractivity contribution in [3.8, 4) is 23.1 Å². The number of nitrogens with two attached hydrogens (primary N) is 1. The average molecular weight is 492 g/mol. The molecule has 2 N–H and O–H groups in total. The largest absolute Gasteiger partial charge is 0.476 e. The number of amides is 1. The predicted molar refractivity (Wildman–Crippen MR) is 129 cm³/mol. The standard InChI is InChI=1S/C24H22FN7O2S/c1-3-34-20-18(25)10-28-23(29-20)32-11-17-21(33)31(2)22(27)30-24(17,13-32)19-8-16(12-35-19)15-6-4-5-14(7-15)9-26/h4-8,10,12,17H,3,11,13H2,1-2H3,(H2,27,30)/t17-,24-/m0/s1. The van der Waals surface area contributed by atoms with E-state index < -0.39 is 17.3 Å². The number of halogens is 1. The molecule has 0 radical (unpaired) electrons. The van der Waals surface area contributed by atoms with Gasteiger partial charge in [0.1, 0.15) is 5.54 Å². The first kappa shape index (κ1) is 22.7. The van der Waals surface area contributed by atoms with Crippen LogP contribution in [0.2, 0.25) is 0 Å². The van der Waals surface area contributed by atoms with Gasteiger partial charge in [-0.25, -0.2) is 9.98 Å². The molecule has 4 heterocycles. The molecule has 2 aliphatic rings. The maximum Gasteiger partial charge on any atom is 0.255 e. The van der Waals surface area contributed by atoms with Gasteiger partial charge in [0.15, 0.2) is 5.96 Å². The van der Waals surface area contributed by atoms with E-state index in [1.165, 1.54) is 16.2 Å². The monoisotopic (exact) mass is 491 g/mol. The molecule has 35 heavy (non-hydrogen) atoms. The summed E-state index contributed by atoms with van der Waals surface area (Å²) in [6.45, 7) is 2.57. The first-order chi connectivity index (χ1) is 16.9. The van der Waals surface area contributed by atoms with Gasteiger partial charge in [-0.2, -0.15) is 14.6 Å². The Morgan fingerprint density at radius 2 is 2.20 bits per heavy atom. The van der Waals surface area contributed by atoms with Crippen molar-refractivity contribution >= 4 is 29.2 Å². The third-order valence-electron chi connectivity index (χ3n) is 6.31. The Bertz CT molecular complexity index is 1380. The van der Waals surface area contributed by atoms with E-state index in [1.54, 1.807) is 20.0 Å². The summed E-state index contributed by atoms with van der Waals surface area (Å²) in [5.41, 5.74) is 7.61. The molecule has 9 nitrogen and oxygen atoms in total. The smallest absolute Gasteiger partial charge is 0.255 e. The molecule has 0 bridgehead atoms. The number of carbonyl (C=O) groups excluding carboxylic acids is 1. The van der Waals surface area contributed by atoms with Crippen molar-refractivity contribution in [2.75, 3.05) is 31.6 Å². The molecule has 178 valence electrons. The predicted octanol–water partition coefficient (Wildman–Crippen LogP) is 2.73. The number of nitriles is 1. The van der Waals surface area contributed by atoms with Crippen molar-refractivity contribution < 1.29 is 13.9 Å². The van der Waals surface area contributed by atoms with Crippen molar-refractivity contribution in [3.05, 3.63) is 58.2 Å². The van der Waals surface area contributed by atoms with Crippen LogP contribution in [0.3, 0.4) is 0 Å². The molecule has 0 saturated carbocycles. The third kappa shape index (κ3) is 3.76. The van der Waals surface area contributed by atoms with E-state index in [1.807, 2.05) is 34.5 Å². The number of aromatic nitrogens is 2. The summed E-state index contributed by atoms with van der Waals surface area (Å²) in [5.74, 6) is -1.10. The number of aliphatic imine (C=N–C) groups is 1. The van der Waals surface area contributed by atoms with Crippen LogP contribution in [0.5, 0.6) is 5.88 Å². The van der Waals surface area contributed by atoms with Crippen LogP contribution in [0.15, 0.2) is 46.9 Å². The van der Waals surface area contributed by atoms with Crippen molar-refractivity contribution in [2.24, 2.45) is 16.6 Å². The van der Waals surface area contributed by atoms with Crippen LogP contribution in [0.25, 0.3) is 11.1 Å². The molecular formula is C24H22FN7O2S. The van der Waals surface area contributed by atoms with Crippen LogP contribution in [-0.4, -0.2) is 53.5 Å². The Labute approximate surface area is 205 Å². The number of benzene rings is 1. The summed E-state index contributed by atoms with van der Waals surface area (Å²) in [6.07, 6.45) is 1.07. The number of rotatable bonds is 5. The van der Waals surface area contributed by atoms with Crippen molar-refractivity contribution in [1.82, 2.24) is 14.9 Å². The molecule has 2 aromatic heterocycles. The van der Waals surface area contributed by atoms with Gasteiger partial charge in [-0.15, -0.1) is 11.3 Å². The van der Waals surface area contributed by atoms with E-state index in [2.05, 4.69) is 16.0 Å². The Morgan fingerprint density at radius 1 is 1.37 bits per heavy atom. The van der Waals surface area contributed by atoms with E-state index >= 15 is 0 Å². The molecule has 3 aromatic rings. The number of hydrogen-bond donors (Lipinski definition) is 1. The van der Waals surface area contributed by atoms with Gasteiger partial charge in [0.2, 0.25) is 17.7 Å². The number of fused-ring (bicyclic) bond motifs is 1. The zero-order valence-corrected chi connectivity index (χ0v) is 19.9. The molecule has 5 rings (SSSR count). The van der Waals surface area contributed by atoms with Gasteiger partial charge < -0.3 is 15.4 Å². The van der Waals surface area contributed by atoms with E-state index in [-0.39, 0.29) is 43.4 Å². The lowest BCUT2D eigenvalue weighted by Crippen LogP contribution is -2.54. The molecule has 1 fully saturated rings. The Hall–Kier alpha value is -4.04. The number of guanidine groups is 1. The molecule has 2 aliphatic heterocycles. The molecule has 0 aliphatic carbocycles. The zero-order valence-electron chi connectivity index (χ0n) is 19.1. The van der Waals surface area contributed by atoms with Crippen LogP contribution in [0.4, 0.5) is 10.3 Å². The van der Waals surface area contributed by atoms with Crippen molar-refractivity contribution in [1.29, 1.82) is 5.26 Å². The summed E-state index contributed by atoms with van der Waals surface area (Å²) in [5, 5.41) is 11.2. The van der Waals surface area contributed by atoms with Crippen LogP contribution < -0.4 is 15.4 Å². The second-order valence-corrected chi connectivity index (χ2v) is 9.28. The number of anilines is 1. The van der Waals surface area contributed by atoms with Crippen LogP contribution in [-0.2, 0) is 10.3 Å². The summed E-state index contributed by atoms with van der Waals surface area (Å²) in [7, 11) is 1.60. The second kappa shape index (κ2) is 8.63. The lowest BCUT2D eigenvalue weighted by Gasteiger charge is -2.36. The van der Waals surface area contributed by atoms with Crippen molar-refractivity contribution in [2.45, 2.75) is 12.5 Å². The van der Waals surface area contributed by atoms with Crippen molar-refractivity contribution in [3.63, 3.8) is 0 Å². The quantitative estimate of drug-likeness (QED) is 0.583. The van der Waals surface area contributed by atoms with Gasteiger partial charge in [-0.1, -0.05) is 12.1 Å². The lowest BCUT2D eigenvalue weighted by atomic mass is 9.83. The number of ether oxygens (including phenoxy) is 1. The highest BCUT2D eigenvalue weighted by atomic mass is 32.1. The minimum absolute atomic E-state index is 0.129. The zero-order chi connectivity index (χ0) is 24.7. The average Bonchev–Trinajstić information content (AvgIpc) is 3.51. The molecule has 0 unspecified atom stereocenters. The first-order valence-corrected chi connectivity index (χ1v) is 11.9. The molecular weight excluding hydrogens is 469 g/mol. The van der Waals surface area contributed by atoms with Crippen LogP contribution >= 0.6 is 11.3 Å². The minimum Gasteiger partial charge on any atom is -0.476 e. The molecule has 0 spiro atoms. The highest BCUT2D eigenvalue weighted by Gasteiger charge is 2.56. The first-order valence-electron chi connectivity index (χ1n) is 11.0. The molecule has 2 atom stereocenters. The van der Waals surface area contributed by atoms with Gasteiger partial charge in [-0.3, -0.25) is 9.69 Å². The van der Waals surface area contributed by atoms with Crippen LogP contribution in [0, 0.1) is 23.1 Å². The van der Waals surface area contributed by atoms with Gasteiger partial charge >= 0.3 is 0 Å². The Morgan fingerprint density at radius 3 is 2.97 bits per heavy atom. The van der Waals surface area contributed by atoms with E-state index in [9.17, 15) is 14.4 Å². The van der Waals surface area contributed by atoms with E-state index in [4.69, 9.17) is 15.5 Å². The van der Waals surface area contributed by atoms with Crippen LogP contribution in [0.1, 0.15) is 17.4 Å². The van der Waals surface area contributed by atoms with E-state index in [0.29, 0.717) is 5.56 Å². The van der Waals surface area contributed by atoms with Gasteiger partial charge in [-0.05, 0) is 41.6 Å². The summed E-state index contributed by atoms with van der Waals surface area (Å²) >= 11 is 1.48. The molecule has 1 amide bonds. The fourth-order valence-corrected chi connectivity index (χ4v) is 5.64. The Balaban J connectivity index is 1.57. The normalized spacial score (nSPS) is 21.5. The third-order valence-corrected chi connectivity index (χ3v) is 7.41. The molecule has 1 aromatic carbocycles. The summed E-state index contributed by atoms with van der Waals surface area (Å²) in [4.78, 5) is 30.6. The van der Waals surface area contributed by atoms with Gasteiger partial charge in [0, 0.05) is 18.5 Å². The number of carbonyl (C=O) groups is 1. The van der Waals surface area contributed by atoms with Gasteiger partial charge in [0.25, 0.3) is 5.88 Å². The maximum absolute atomic E-state index is 14.1. The Kier molecular flexibility index (Phi) is 5.61. The highest BCUT2D eigenvalue weighted by Crippen LogP contribution is 2.47. The fraction of sp³-hybridized carbons (Fsp3) is 0.292. The SMILES string of the molecule is CCOc1nc(N2C[C@H]3C(=O)N(C)C(N)=N[C@@]3(c3cc(-c4cccc(C#N)c4)cs3)C2)ncc1F. The topological polar surface area (TPSA) is 121 Å². The number of thiophene rings is 1. The fourth-order valence-electron chi connectivity index (χ4n) is 4.53. The number of nitrogens with zero attached hydrogens (tertiary/aromatic N) is 6. The summed E-state index contributed by atoms with van der Waals surface area (Å²) < 4.78 is 19.4. The second-order valence-electron chi connectivity index (χ2n) is 8.37. The van der Waals surface area contributed by atoms with E-state index in [0.717, 1.165) is 22.2 Å². The summed E-state index contributed by atoms with van der Waals surface area (Å²) in [6, 6.07) is 11.5. The minimum atomic E-state index is -0.951. The molecule has 1 saturated heterocycles. The lowest BCUT2D eigenvalue weighted by molar-refractivity contribution is -0.132.